The van der Waals surface area contributed by atoms with Gasteiger partial charge in [-0.3, -0.25) is 10.1 Å². The quantitative estimate of drug-likeness (QED) is 0.493. The normalized spacial score (nSPS) is 19.2. The highest BCUT2D eigenvalue weighted by molar-refractivity contribution is 6.16. The van der Waals surface area contributed by atoms with Crippen molar-refractivity contribution in [3.63, 3.8) is 0 Å². The van der Waals surface area contributed by atoms with Gasteiger partial charge in [-0.1, -0.05) is 19.1 Å². The van der Waals surface area contributed by atoms with E-state index in [-0.39, 0.29) is 17.8 Å². The molecule has 1 aromatic heterocycles. The molecule has 1 aliphatic carbocycles. The number of nitrogens with one attached hydrogen (secondary N) is 2. The van der Waals surface area contributed by atoms with Gasteiger partial charge < -0.3 is 5.32 Å². The predicted molar refractivity (Wildman–Crippen MR) is 118 cm³/mol. The lowest BCUT2D eigenvalue weighted by atomic mass is 9.88. The largest absolute Gasteiger partial charge is 0.433 e. The van der Waals surface area contributed by atoms with Crippen molar-refractivity contribution in [3.8, 4) is 0 Å². The van der Waals surface area contributed by atoms with Crippen LogP contribution in [0, 0.1) is 5.41 Å². The third-order valence-corrected chi connectivity index (χ3v) is 6.06. The van der Waals surface area contributed by atoms with Crippen molar-refractivity contribution in [1.29, 1.82) is 5.41 Å². The Morgan fingerprint density at radius 2 is 2.03 bits per heavy atom. The third-order valence-electron chi connectivity index (χ3n) is 6.06. The number of alkyl halides is 3. The summed E-state index contributed by atoms with van der Waals surface area (Å²) in [6.45, 7) is 3.97. The lowest BCUT2D eigenvalue weighted by molar-refractivity contribution is -0.144. The van der Waals surface area contributed by atoms with Gasteiger partial charge in [0, 0.05) is 35.0 Å². The topological polar surface area (TPSA) is 78.4 Å². The minimum atomic E-state index is -4.55. The number of hydrogen-bond acceptors (Lipinski definition) is 5. The van der Waals surface area contributed by atoms with Gasteiger partial charge in [-0.25, -0.2) is 0 Å². The first-order valence-corrected chi connectivity index (χ1v) is 11.0. The molecular formula is C23H27F3N6. The fraction of sp³-hybridized carbons (Fsp3) is 0.478. The molecule has 1 aliphatic heterocycles. The molecule has 4 rings (SSSR count). The Bertz CT molecular complexity index is 1060. The van der Waals surface area contributed by atoms with Crippen LogP contribution in [0.4, 0.5) is 18.9 Å². The van der Waals surface area contributed by atoms with Gasteiger partial charge in [0.2, 0.25) is 0 Å². The number of benzene rings is 1. The highest BCUT2D eigenvalue weighted by atomic mass is 19.4. The van der Waals surface area contributed by atoms with E-state index in [4.69, 9.17) is 5.41 Å². The Hall–Kier alpha value is -2.97. The summed E-state index contributed by atoms with van der Waals surface area (Å²) in [7, 11) is 0. The zero-order chi connectivity index (χ0) is 22.9. The zero-order valence-corrected chi connectivity index (χ0v) is 18.2. The van der Waals surface area contributed by atoms with Crippen LogP contribution in [0.5, 0.6) is 0 Å². The monoisotopic (exact) mass is 444 g/mol. The second-order valence-corrected chi connectivity index (χ2v) is 8.35. The lowest BCUT2D eigenvalue weighted by Gasteiger charge is -2.28. The van der Waals surface area contributed by atoms with Gasteiger partial charge in [0.05, 0.1) is 18.5 Å². The molecule has 1 aromatic carbocycles. The van der Waals surface area contributed by atoms with Crippen molar-refractivity contribution in [2.45, 2.75) is 64.3 Å². The van der Waals surface area contributed by atoms with Crippen LogP contribution >= 0.6 is 0 Å². The molecule has 170 valence electrons. The van der Waals surface area contributed by atoms with E-state index in [2.05, 4.69) is 20.6 Å². The highest BCUT2D eigenvalue weighted by Gasteiger charge is 2.39. The molecule has 0 radical (unpaired) electrons. The predicted octanol–water partition coefficient (Wildman–Crippen LogP) is 5.95. The molecule has 32 heavy (non-hydrogen) atoms. The van der Waals surface area contributed by atoms with E-state index < -0.39 is 17.9 Å². The number of rotatable bonds is 8. The summed E-state index contributed by atoms with van der Waals surface area (Å²) in [5.41, 5.74) is 1.76. The average Bonchev–Trinajstić information content (AvgIpc) is 3.11. The SMILES string of the molecule is CCCn1ncc(/C(C)=C(/C(=N)c2cccc(NC3CCC3)c2)C2CN=N2)c1C(F)(F)F. The Labute approximate surface area is 185 Å². The van der Waals surface area contributed by atoms with Crippen LogP contribution in [-0.2, 0) is 12.7 Å². The first-order chi connectivity index (χ1) is 15.3. The number of aromatic nitrogens is 2. The molecule has 1 fully saturated rings. The van der Waals surface area contributed by atoms with Gasteiger partial charge in [0.15, 0.2) is 0 Å². The number of azo groups is 1. The second kappa shape index (κ2) is 8.88. The summed E-state index contributed by atoms with van der Waals surface area (Å²) in [6, 6.07) is 7.51. The summed E-state index contributed by atoms with van der Waals surface area (Å²) in [5, 5.41) is 24.3. The van der Waals surface area contributed by atoms with E-state index in [1.54, 1.807) is 6.92 Å². The van der Waals surface area contributed by atoms with Crippen molar-refractivity contribution < 1.29 is 13.2 Å². The number of halogens is 3. The van der Waals surface area contributed by atoms with E-state index in [0.29, 0.717) is 35.7 Å². The van der Waals surface area contributed by atoms with Crippen LogP contribution < -0.4 is 5.32 Å². The average molecular weight is 445 g/mol. The van der Waals surface area contributed by atoms with E-state index in [1.807, 2.05) is 31.2 Å². The van der Waals surface area contributed by atoms with Crippen LogP contribution in [0.15, 0.2) is 46.3 Å². The van der Waals surface area contributed by atoms with Crippen LogP contribution in [0.3, 0.4) is 0 Å². The van der Waals surface area contributed by atoms with Gasteiger partial charge >= 0.3 is 6.18 Å². The Morgan fingerprint density at radius 3 is 2.59 bits per heavy atom. The fourth-order valence-corrected chi connectivity index (χ4v) is 4.11. The summed E-state index contributed by atoms with van der Waals surface area (Å²) in [4.78, 5) is 0. The Kier molecular flexibility index (Phi) is 6.17. The minimum absolute atomic E-state index is 0.00320. The van der Waals surface area contributed by atoms with Crippen molar-refractivity contribution in [3.05, 3.63) is 52.9 Å². The molecule has 1 unspecified atom stereocenters. The number of hydrogen-bond donors (Lipinski definition) is 2. The van der Waals surface area contributed by atoms with Crippen molar-refractivity contribution in [2.75, 3.05) is 11.9 Å². The first kappa shape index (κ1) is 22.2. The van der Waals surface area contributed by atoms with Gasteiger partial charge in [-0.05, 0) is 50.3 Å². The molecule has 2 aromatic rings. The summed E-state index contributed by atoms with van der Waals surface area (Å²) in [6.07, 6.45) is 0.688. The molecule has 0 bridgehead atoms. The maximum atomic E-state index is 13.9. The number of nitrogens with zero attached hydrogens (tertiary/aromatic N) is 4. The van der Waals surface area contributed by atoms with Gasteiger partial charge in [0.1, 0.15) is 11.7 Å². The first-order valence-electron chi connectivity index (χ1n) is 11.0. The van der Waals surface area contributed by atoms with Gasteiger partial charge in [-0.2, -0.15) is 28.5 Å². The summed E-state index contributed by atoms with van der Waals surface area (Å²) >= 11 is 0. The maximum Gasteiger partial charge on any atom is 0.433 e. The zero-order valence-electron chi connectivity index (χ0n) is 18.2. The minimum Gasteiger partial charge on any atom is -0.382 e. The molecule has 1 saturated carbocycles. The Balaban J connectivity index is 1.75. The molecule has 0 amide bonds. The van der Waals surface area contributed by atoms with E-state index >= 15 is 0 Å². The molecule has 2 aliphatic rings. The fourth-order valence-electron chi connectivity index (χ4n) is 4.11. The van der Waals surface area contributed by atoms with Crippen LogP contribution in [0.2, 0.25) is 0 Å². The van der Waals surface area contributed by atoms with E-state index in [0.717, 1.165) is 23.2 Å². The number of anilines is 1. The van der Waals surface area contributed by atoms with Gasteiger partial charge in [0.25, 0.3) is 0 Å². The second-order valence-electron chi connectivity index (χ2n) is 8.35. The summed E-state index contributed by atoms with van der Waals surface area (Å²) in [5.74, 6) is 0. The third kappa shape index (κ3) is 4.33. The highest BCUT2D eigenvalue weighted by Crippen LogP contribution is 2.38. The molecule has 0 spiro atoms. The number of allylic oxidation sites excluding steroid dienone is 1. The summed E-state index contributed by atoms with van der Waals surface area (Å²) < 4.78 is 42.8. The standard InChI is InChI=1S/C23H27F3N6/c1-3-10-32-22(23(24,25)26)18(12-29-32)14(2)20(19-13-28-31-19)21(27)15-6-4-9-17(11-15)30-16-7-5-8-16/h4,6,9,11-12,16,19,27,30H,3,5,7-8,10,13H2,1-2H3/b20-14+,27-21?. The molecule has 2 heterocycles. The van der Waals surface area contributed by atoms with Gasteiger partial charge in [-0.15, -0.1) is 0 Å². The van der Waals surface area contributed by atoms with E-state index in [1.165, 1.54) is 12.6 Å². The molecule has 0 saturated heterocycles. The molecule has 9 heteroatoms. The van der Waals surface area contributed by atoms with Crippen molar-refractivity contribution >= 4 is 17.0 Å². The Morgan fingerprint density at radius 1 is 1.28 bits per heavy atom. The van der Waals surface area contributed by atoms with Crippen molar-refractivity contribution in [1.82, 2.24) is 9.78 Å². The molecular weight excluding hydrogens is 417 g/mol. The molecule has 6 nitrogen and oxygen atoms in total. The van der Waals surface area contributed by atoms with Crippen LogP contribution in [0.25, 0.3) is 5.57 Å². The molecule has 1 atom stereocenters. The van der Waals surface area contributed by atoms with Crippen LogP contribution in [-0.4, -0.2) is 34.1 Å². The smallest absolute Gasteiger partial charge is 0.382 e. The van der Waals surface area contributed by atoms with Crippen LogP contribution in [0.1, 0.15) is 56.4 Å². The van der Waals surface area contributed by atoms with Crippen molar-refractivity contribution in [2.24, 2.45) is 10.2 Å². The molecule has 2 N–H and O–H groups in total. The maximum absolute atomic E-state index is 13.9. The number of aryl methyl sites for hydroxylation is 1. The van der Waals surface area contributed by atoms with E-state index in [9.17, 15) is 13.2 Å². The lowest BCUT2D eigenvalue weighted by Crippen LogP contribution is -2.28.